The summed E-state index contributed by atoms with van der Waals surface area (Å²) in [4.78, 5) is 21.4. The number of halogens is 2. The van der Waals surface area contributed by atoms with E-state index in [1.165, 1.54) is 0 Å². The number of fused-ring (bicyclic) bond motifs is 1. The van der Waals surface area contributed by atoms with Gasteiger partial charge in [-0.1, -0.05) is 23.5 Å². The van der Waals surface area contributed by atoms with Gasteiger partial charge < -0.3 is 9.80 Å². The zero-order valence-corrected chi connectivity index (χ0v) is 19.2. The molecule has 0 N–H and O–H groups in total. The van der Waals surface area contributed by atoms with Crippen molar-refractivity contribution >= 4 is 32.7 Å². The average Bonchev–Trinajstić information content (AvgIpc) is 3.26. The largest absolute Gasteiger partial charge is 0.346 e. The van der Waals surface area contributed by atoms with Crippen molar-refractivity contribution in [2.45, 2.75) is 20.3 Å². The second-order valence-electron chi connectivity index (χ2n) is 8.24. The van der Waals surface area contributed by atoms with Crippen LogP contribution in [0.2, 0.25) is 0 Å². The number of nitrogens with zero attached hydrogens (tertiary/aromatic N) is 5. The summed E-state index contributed by atoms with van der Waals surface area (Å²) in [6, 6.07) is 11.1. The van der Waals surface area contributed by atoms with Gasteiger partial charge in [-0.25, -0.2) is 13.5 Å². The van der Waals surface area contributed by atoms with Crippen LogP contribution in [0.3, 0.4) is 0 Å². The van der Waals surface area contributed by atoms with Gasteiger partial charge in [-0.3, -0.25) is 4.79 Å². The fraction of sp³-hybridized carbons (Fsp3) is 0.292. The van der Waals surface area contributed by atoms with Crippen molar-refractivity contribution < 1.29 is 13.6 Å². The SMILES string of the molecule is Cc1cccc(-n2nc(C)c3sc(N4CCCN(C(=O)c5cc(F)ccc5F)CC4)nc32)c1. The number of aryl methyl sites for hydroxylation is 2. The van der Waals surface area contributed by atoms with Gasteiger partial charge in [0.1, 0.15) is 11.6 Å². The normalized spacial score (nSPS) is 14.7. The van der Waals surface area contributed by atoms with Crippen LogP contribution in [0.25, 0.3) is 16.0 Å². The van der Waals surface area contributed by atoms with Gasteiger partial charge in [0, 0.05) is 26.2 Å². The third kappa shape index (κ3) is 4.08. The molecule has 3 heterocycles. The first-order chi connectivity index (χ1) is 15.9. The standard InChI is InChI=1S/C24H23F2N5OS/c1-15-5-3-6-18(13-15)31-22-21(16(2)28-31)33-24(27-22)30-10-4-9-29(11-12-30)23(32)19-14-17(25)7-8-20(19)26/h3,5-8,13-14H,4,9-12H2,1-2H3. The number of anilines is 1. The topological polar surface area (TPSA) is 54.3 Å². The monoisotopic (exact) mass is 467 g/mol. The van der Waals surface area contributed by atoms with Crippen molar-refractivity contribution in [3.05, 3.63) is 70.9 Å². The number of hydrogen-bond acceptors (Lipinski definition) is 5. The molecule has 1 amide bonds. The molecule has 1 aliphatic heterocycles. The minimum atomic E-state index is -0.704. The van der Waals surface area contributed by atoms with Crippen molar-refractivity contribution in [3.8, 4) is 5.69 Å². The Morgan fingerprint density at radius 3 is 2.70 bits per heavy atom. The van der Waals surface area contributed by atoms with E-state index in [1.807, 2.05) is 36.7 Å². The van der Waals surface area contributed by atoms with Crippen molar-refractivity contribution in [1.82, 2.24) is 19.7 Å². The summed E-state index contributed by atoms with van der Waals surface area (Å²) in [5.74, 6) is -1.81. The average molecular weight is 468 g/mol. The molecular formula is C24H23F2N5OS. The van der Waals surface area contributed by atoms with Gasteiger partial charge in [-0.15, -0.1) is 0 Å². The molecule has 33 heavy (non-hydrogen) atoms. The molecule has 1 aliphatic rings. The lowest BCUT2D eigenvalue weighted by Crippen LogP contribution is -2.35. The summed E-state index contributed by atoms with van der Waals surface area (Å²) < 4.78 is 30.6. The molecule has 0 unspecified atom stereocenters. The Bertz CT molecular complexity index is 1350. The van der Waals surface area contributed by atoms with Gasteiger partial charge in [0.15, 0.2) is 10.8 Å². The lowest BCUT2D eigenvalue weighted by molar-refractivity contribution is 0.0761. The van der Waals surface area contributed by atoms with E-state index in [2.05, 4.69) is 16.1 Å². The first-order valence-corrected chi connectivity index (χ1v) is 11.6. The number of hydrogen-bond donors (Lipinski definition) is 0. The van der Waals surface area contributed by atoms with E-state index in [4.69, 9.17) is 4.98 Å². The van der Waals surface area contributed by atoms with E-state index < -0.39 is 17.5 Å². The van der Waals surface area contributed by atoms with Crippen LogP contribution in [0.4, 0.5) is 13.9 Å². The summed E-state index contributed by atoms with van der Waals surface area (Å²) >= 11 is 1.59. The number of thiazole rings is 1. The molecular weight excluding hydrogens is 444 g/mol. The molecule has 0 aliphatic carbocycles. The van der Waals surface area contributed by atoms with E-state index in [0.717, 1.165) is 57.2 Å². The second-order valence-corrected chi connectivity index (χ2v) is 9.22. The Morgan fingerprint density at radius 2 is 1.88 bits per heavy atom. The van der Waals surface area contributed by atoms with Gasteiger partial charge in [-0.05, 0) is 56.2 Å². The molecule has 5 rings (SSSR count). The van der Waals surface area contributed by atoms with Crippen LogP contribution in [-0.4, -0.2) is 51.8 Å². The molecule has 4 aromatic rings. The third-order valence-corrected chi connectivity index (χ3v) is 7.05. The number of amides is 1. The molecule has 0 saturated carbocycles. The van der Waals surface area contributed by atoms with Crippen LogP contribution in [-0.2, 0) is 0 Å². The van der Waals surface area contributed by atoms with Crippen molar-refractivity contribution in [1.29, 1.82) is 0 Å². The smallest absolute Gasteiger partial charge is 0.256 e. The van der Waals surface area contributed by atoms with Gasteiger partial charge in [0.2, 0.25) is 0 Å². The molecule has 1 saturated heterocycles. The highest BCUT2D eigenvalue weighted by atomic mass is 32.1. The molecule has 6 nitrogen and oxygen atoms in total. The maximum absolute atomic E-state index is 14.1. The Labute approximate surface area is 194 Å². The van der Waals surface area contributed by atoms with Crippen LogP contribution in [0, 0.1) is 25.5 Å². The van der Waals surface area contributed by atoms with Crippen molar-refractivity contribution in [2.75, 3.05) is 31.1 Å². The Morgan fingerprint density at radius 1 is 1.03 bits per heavy atom. The maximum Gasteiger partial charge on any atom is 0.256 e. The number of aromatic nitrogens is 3. The number of rotatable bonds is 3. The van der Waals surface area contributed by atoms with E-state index >= 15 is 0 Å². The molecule has 0 bridgehead atoms. The highest BCUT2D eigenvalue weighted by molar-refractivity contribution is 7.22. The molecule has 2 aromatic carbocycles. The predicted octanol–water partition coefficient (Wildman–Crippen LogP) is 4.73. The highest BCUT2D eigenvalue weighted by Gasteiger charge is 2.25. The first kappa shape index (κ1) is 21.5. The lowest BCUT2D eigenvalue weighted by atomic mass is 10.1. The van der Waals surface area contributed by atoms with Crippen molar-refractivity contribution in [2.24, 2.45) is 0 Å². The Balaban J connectivity index is 1.38. The summed E-state index contributed by atoms with van der Waals surface area (Å²) in [6.45, 7) is 6.20. The Kier molecular flexibility index (Phi) is 5.57. The third-order valence-electron chi connectivity index (χ3n) is 5.84. The molecule has 1 fully saturated rings. The zero-order chi connectivity index (χ0) is 23.1. The van der Waals surface area contributed by atoms with Gasteiger partial charge >= 0.3 is 0 Å². The first-order valence-electron chi connectivity index (χ1n) is 10.8. The van der Waals surface area contributed by atoms with Crippen LogP contribution in [0.15, 0.2) is 42.5 Å². The summed E-state index contributed by atoms with van der Waals surface area (Å²) in [5.41, 5.74) is 3.63. The molecule has 170 valence electrons. The molecule has 0 spiro atoms. The number of carbonyl (C=O) groups excluding carboxylic acids is 1. The fourth-order valence-corrected chi connectivity index (χ4v) is 5.18. The molecule has 0 radical (unpaired) electrons. The highest BCUT2D eigenvalue weighted by Crippen LogP contribution is 2.33. The minimum Gasteiger partial charge on any atom is -0.346 e. The minimum absolute atomic E-state index is 0.225. The van der Waals surface area contributed by atoms with Crippen LogP contribution < -0.4 is 4.90 Å². The van der Waals surface area contributed by atoms with E-state index in [-0.39, 0.29) is 5.56 Å². The molecule has 0 atom stereocenters. The summed E-state index contributed by atoms with van der Waals surface area (Å²) in [5, 5.41) is 5.55. The summed E-state index contributed by atoms with van der Waals surface area (Å²) in [7, 11) is 0. The van der Waals surface area contributed by atoms with Gasteiger partial charge in [0.25, 0.3) is 5.91 Å². The second kappa shape index (κ2) is 8.55. The van der Waals surface area contributed by atoms with Crippen LogP contribution >= 0.6 is 11.3 Å². The number of carbonyl (C=O) groups is 1. The van der Waals surface area contributed by atoms with Crippen LogP contribution in [0.1, 0.15) is 28.0 Å². The predicted molar refractivity (Wildman–Crippen MR) is 125 cm³/mol. The van der Waals surface area contributed by atoms with E-state index in [9.17, 15) is 13.6 Å². The van der Waals surface area contributed by atoms with E-state index in [1.54, 1.807) is 16.2 Å². The summed E-state index contributed by atoms with van der Waals surface area (Å²) in [6.07, 6.45) is 0.710. The van der Waals surface area contributed by atoms with Gasteiger partial charge in [0.05, 0.1) is 21.6 Å². The van der Waals surface area contributed by atoms with E-state index in [0.29, 0.717) is 26.1 Å². The molecule has 2 aromatic heterocycles. The molecule has 9 heteroatoms. The Hall–Kier alpha value is -3.33. The quantitative estimate of drug-likeness (QED) is 0.437. The van der Waals surface area contributed by atoms with Crippen LogP contribution in [0.5, 0.6) is 0 Å². The zero-order valence-electron chi connectivity index (χ0n) is 18.4. The van der Waals surface area contributed by atoms with Gasteiger partial charge in [-0.2, -0.15) is 10.1 Å². The lowest BCUT2D eigenvalue weighted by Gasteiger charge is -2.22. The number of benzene rings is 2. The maximum atomic E-state index is 14.1. The fourth-order valence-electron chi connectivity index (χ4n) is 4.14. The van der Waals surface area contributed by atoms with Crippen molar-refractivity contribution in [3.63, 3.8) is 0 Å².